The number of nitrogens with zero attached hydrogens (tertiary/aromatic N) is 2. The van der Waals surface area contributed by atoms with Gasteiger partial charge in [0.05, 0.1) is 11.7 Å². The Morgan fingerprint density at radius 3 is 2.56 bits per heavy atom. The smallest absolute Gasteiger partial charge is 0.351 e. The highest BCUT2D eigenvalue weighted by molar-refractivity contribution is 5.91. The lowest BCUT2D eigenvalue weighted by atomic mass is 10.2. The van der Waals surface area contributed by atoms with Crippen molar-refractivity contribution < 1.29 is 28.6 Å². The molecular weight excluding hydrogens is 418 g/mol. The van der Waals surface area contributed by atoms with E-state index in [1.54, 1.807) is 44.2 Å². The molecule has 10 heteroatoms. The topological polar surface area (TPSA) is 126 Å². The van der Waals surface area contributed by atoms with Crippen molar-refractivity contribution >= 4 is 23.7 Å². The monoisotopic (exact) mass is 443 g/mol. The Morgan fingerprint density at radius 2 is 1.94 bits per heavy atom. The molecule has 1 aromatic carbocycles. The molecule has 1 amide bonds. The molecule has 2 aromatic rings. The highest BCUT2D eigenvalue weighted by atomic mass is 16.6. The van der Waals surface area contributed by atoms with Gasteiger partial charge in [0.1, 0.15) is 18.5 Å². The van der Waals surface area contributed by atoms with Crippen LogP contribution in [0.5, 0.6) is 0 Å². The first-order valence-electron chi connectivity index (χ1n) is 10.2. The fourth-order valence-corrected chi connectivity index (χ4v) is 3.16. The van der Waals surface area contributed by atoms with Crippen molar-refractivity contribution in [2.24, 2.45) is 5.92 Å². The van der Waals surface area contributed by atoms with Gasteiger partial charge in [-0.1, -0.05) is 32.0 Å². The molecule has 3 atom stereocenters. The minimum absolute atomic E-state index is 0.0767. The van der Waals surface area contributed by atoms with Crippen LogP contribution < -0.4 is 11.0 Å². The highest BCUT2D eigenvalue weighted by Crippen LogP contribution is 2.31. The van der Waals surface area contributed by atoms with E-state index in [1.807, 2.05) is 0 Å². The first-order chi connectivity index (χ1) is 15.2. The van der Waals surface area contributed by atoms with E-state index < -0.39 is 36.1 Å². The largest absolute Gasteiger partial charge is 0.459 e. The van der Waals surface area contributed by atoms with Crippen LogP contribution in [-0.4, -0.2) is 46.2 Å². The second-order valence-corrected chi connectivity index (χ2v) is 7.64. The van der Waals surface area contributed by atoms with Crippen LogP contribution >= 0.6 is 0 Å². The molecule has 10 nitrogen and oxygen atoms in total. The fourth-order valence-electron chi connectivity index (χ4n) is 3.16. The van der Waals surface area contributed by atoms with Crippen molar-refractivity contribution in [1.29, 1.82) is 0 Å². The lowest BCUT2D eigenvalue weighted by Crippen LogP contribution is -2.34. The lowest BCUT2D eigenvalue weighted by Gasteiger charge is -2.20. The standard InChI is InChI=1S/C22H25N3O7/c1-13(2)19(27)23-18-9-10-25(22(29)24-18)20-17(31-14(3)26)11-16(32-20)12-30-21(28)15-7-5-4-6-8-15/h4-10,13,16-17,20H,11-12H2,1-3H3,(H,23,24,27,29)/t16-,17+,20-/m0/s1. The molecule has 0 aliphatic carbocycles. The van der Waals surface area contributed by atoms with Crippen molar-refractivity contribution in [3.63, 3.8) is 0 Å². The van der Waals surface area contributed by atoms with Gasteiger partial charge in [-0.3, -0.25) is 14.2 Å². The molecule has 32 heavy (non-hydrogen) atoms. The number of aromatic nitrogens is 2. The number of nitrogens with one attached hydrogen (secondary N) is 1. The molecule has 0 radical (unpaired) electrons. The van der Waals surface area contributed by atoms with Crippen LogP contribution in [0.4, 0.5) is 5.82 Å². The maximum atomic E-state index is 12.6. The van der Waals surface area contributed by atoms with Crippen molar-refractivity contribution in [3.05, 3.63) is 58.6 Å². The van der Waals surface area contributed by atoms with Gasteiger partial charge in [-0.15, -0.1) is 0 Å². The Balaban J connectivity index is 1.71. The van der Waals surface area contributed by atoms with Crippen molar-refractivity contribution in [2.75, 3.05) is 11.9 Å². The second-order valence-electron chi connectivity index (χ2n) is 7.64. The third-order valence-electron chi connectivity index (χ3n) is 4.75. The highest BCUT2D eigenvalue weighted by Gasteiger charge is 2.40. The number of benzene rings is 1. The third kappa shape index (κ3) is 5.79. The van der Waals surface area contributed by atoms with Gasteiger partial charge in [0.2, 0.25) is 5.91 Å². The van der Waals surface area contributed by atoms with E-state index in [0.29, 0.717) is 5.56 Å². The van der Waals surface area contributed by atoms with Gasteiger partial charge in [-0.25, -0.2) is 9.59 Å². The average molecular weight is 443 g/mol. The first-order valence-corrected chi connectivity index (χ1v) is 10.2. The predicted octanol–water partition coefficient (Wildman–Crippen LogP) is 1.91. The van der Waals surface area contributed by atoms with E-state index in [1.165, 1.54) is 23.8 Å². The summed E-state index contributed by atoms with van der Waals surface area (Å²) in [5.41, 5.74) is -0.284. The van der Waals surface area contributed by atoms with Crippen molar-refractivity contribution in [1.82, 2.24) is 9.55 Å². The molecule has 1 aliphatic heterocycles. The van der Waals surface area contributed by atoms with Gasteiger partial charge in [0.15, 0.2) is 6.23 Å². The SMILES string of the molecule is CC(=O)O[C@@H]1C[C@@H](COC(=O)c2ccccc2)O[C@@H]1n1ccc(NC(=O)C(C)C)nc1=O. The maximum absolute atomic E-state index is 12.6. The number of rotatable bonds is 7. The summed E-state index contributed by atoms with van der Waals surface area (Å²) in [6, 6.07) is 9.96. The number of hydrogen-bond donors (Lipinski definition) is 1. The van der Waals surface area contributed by atoms with Gasteiger partial charge in [0, 0.05) is 25.5 Å². The summed E-state index contributed by atoms with van der Waals surface area (Å²) >= 11 is 0. The maximum Gasteiger partial charge on any atom is 0.351 e. The van der Waals surface area contributed by atoms with Crippen LogP contribution in [0.25, 0.3) is 0 Å². The molecule has 0 unspecified atom stereocenters. The molecule has 3 rings (SSSR count). The van der Waals surface area contributed by atoms with Gasteiger partial charge < -0.3 is 19.5 Å². The van der Waals surface area contributed by atoms with Gasteiger partial charge in [-0.05, 0) is 18.2 Å². The molecule has 170 valence electrons. The Bertz CT molecular complexity index is 1040. The molecule has 0 spiro atoms. The molecule has 1 N–H and O–H groups in total. The van der Waals surface area contributed by atoms with Crippen molar-refractivity contribution in [3.8, 4) is 0 Å². The van der Waals surface area contributed by atoms with E-state index in [4.69, 9.17) is 14.2 Å². The quantitative estimate of drug-likeness (QED) is 0.643. The minimum atomic E-state index is -0.950. The predicted molar refractivity (Wildman–Crippen MR) is 113 cm³/mol. The third-order valence-corrected chi connectivity index (χ3v) is 4.75. The van der Waals surface area contributed by atoms with E-state index in [9.17, 15) is 19.2 Å². The van der Waals surface area contributed by atoms with Crippen LogP contribution in [0.3, 0.4) is 0 Å². The minimum Gasteiger partial charge on any atom is -0.459 e. The van der Waals surface area contributed by atoms with Crippen molar-refractivity contribution in [2.45, 2.75) is 45.6 Å². The molecule has 0 saturated carbocycles. The summed E-state index contributed by atoms with van der Waals surface area (Å²) in [6.45, 7) is 4.62. The number of esters is 2. The van der Waals surface area contributed by atoms with E-state index in [0.717, 1.165) is 0 Å². The fraction of sp³-hybridized carbons (Fsp3) is 0.409. The van der Waals surface area contributed by atoms with Crippen LogP contribution in [0, 0.1) is 5.92 Å². The number of amides is 1. The molecule has 2 heterocycles. The zero-order chi connectivity index (χ0) is 23.3. The summed E-state index contributed by atoms with van der Waals surface area (Å²) in [4.78, 5) is 52.0. The van der Waals surface area contributed by atoms with E-state index >= 15 is 0 Å². The number of hydrogen-bond acceptors (Lipinski definition) is 8. The van der Waals surface area contributed by atoms with Crippen LogP contribution in [-0.2, 0) is 23.8 Å². The Morgan fingerprint density at radius 1 is 1.22 bits per heavy atom. The molecule has 0 bridgehead atoms. The summed E-state index contributed by atoms with van der Waals surface area (Å²) in [5.74, 6) is -1.48. The Labute approximate surface area is 184 Å². The van der Waals surface area contributed by atoms with Crippen LogP contribution in [0.2, 0.25) is 0 Å². The van der Waals surface area contributed by atoms with E-state index in [2.05, 4.69) is 10.3 Å². The summed E-state index contributed by atoms with van der Waals surface area (Å²) < 4.78 is 17.7. The number of ether oxygens (including phenoxy) is 3. The summed E-state index contributed by atoms with van der Waals surface area (Å²) in [6.07, 6.45) is -0.683. The molecular formula is C22H25N3O7. The average Bonchev–Trinajstić information content (AvgIpc) is 3.14. The molecule has 1 aliphatic rings. The zero-order valence-corrected chi connectivity index (χ0v) is 18.0. The number of carbonyl (C=O) groups is 3. The molecule has 1 aromatic heterocycles. The van der Waals surface area contributed by atoms with Gasteiger partial charge >= 0.3 is 17.6 Å². The Kier molecular flexibility index (Phi) is 7.37. The van der Waals surface area contributed by atoms with Gasteiger partial charge in [-0.2, -0.15) is 4.98 Å². The van der Waals surface area contributed by atoms with E-state index in [-0.39, 0.29) is 30.7 Å². The van der Waals surface area contributed by atoms with Gasteiger partial charge in [0.25, 0.3) is 0 Å². The molecule has 1 fully saturated rings. The second kappa shape index (κ2) is 10.2. The van der Waals surface area contributed by atoms with Crippen LogP contribution in [0.15, 0.2) is 47.4 Å². The normalized spacial score (nSPS) is 20.1. The number of anilines is 1. The Hall–Kier alpha value is -3.53. The lowest BCUT2D eigenvalue weighted by molar-refractivity contribution is -0.152. The summed E-state index contributed by atoms with van der Waals surface area (Å²) in [7, 11) is 0. The molecule has 1 saturated heterocycles. The number of carbonyl (C=O) groups excluding carboxylic acids is 3. The van der Waals surface area contributed by atoms with Crippen LogP contribution in [0.1, 0.15) is 43.8 Å². The first kappa shape index (κ1) is 23.1. The summed E-state index contributed by atoms with van der Waals surface area (Å²) in [5, 5.41) is 2.55. The zero-order valence-electron chi connectivity index (χ0n) is 18.0.